The third-order valence-corrected chi connectivity index (χ3v) is 4.36. The number of aryl methyl sites for hydroxylation is 1. The summed E-state index contributed by atoms with van der Waals surface area (Å²) in [5.74, 6) is -1.50. The van der Waals surface area contributed by atoms with Crippen molar-refractivity contribution in [2.45, 2.75) is 25.3 Å². The van der Waals surface area contributed by atoms with Crippen molar-refractivity contribution < 1.29 is 14.7 Å². The fourth-order valence-corrected chi connectivity index (χ4v) is 2.97. The summed E-state index contributed by atoms with van der Waals surface area (Å²) < 4.78 is 1.27. The van der Waals surface area contributed by atoms with Gasteiger partial charge in [0, 0.05) is 12.1 Å². The van der Waals surface area contributed by atoms with Crippen LogP contribution in [-0.2, 0) is 11.2 Å². The second-order valence-electron chi connectivity index (χ2n) is 6.47. The molecule has 1 heterocycles. The molecular weight excluding hydrogens is 358 g/mol. The minimum absolute atomic E-state index is 0.0870. The third-order valence-electron chi connectivity index (χ3n) is 4.36. The van der Waals surface area contributed by atoms with E-state index in [0.717, 1.165) is 5.56 Å². The lowest BCUT2D eigenvalue weighted by Gasteiger charge is -2.16. The number of H-pyrrole nitrogens is 1. The van der Waals surface area contributed by atoms with Gasteiger partial charge in [0.05, 0.1) is 12.1 Å². The van der Waals surface area contributed by atoms with Crippen LogP contribution in [0.5, 0.6) is 0 Å². The molecule has 3 N–H and O–H groups in total. The zero-order valence-electron chi connectivity index (χ0n) is 15.2. The molecule has 0 fully saturated rings. The van der Waals surface area contributed by atoms with Crippen LogP contribution in [-0.4, -0.2) is 32.8 Å². The van der Waals surface area contributed by atoms with Crippen molar-refractivity contribution in [1.82, 2.24) is 15.1 Å². The van der Waals surface area contributed by atoms with E-state index in [4.69, 9.17) is 5.11 Å². The van der Waals surface area contributed by atoms with Crippen molar-refractivity contribution in [2.24, 2.45) is 0 Å². The van der Waals surface area contributed by atoms with E-state index >= 15 is 0 Å². The predicted octanol–water partition coefficient (Wildman–Crippen LogP) is 2.37. The number of hydrogen-bond donors (Lipinski definition) is 3. The lowest BCUT2D eigenvalue weighted by Crippen LogP contribution is -2.37. The molecule has 3 aromatic rings. The van der Waals surface area contributed by atoms with Gasteiger partial charge >= 0.3 is 5.97 Å². The van der Waals surface area contributed by atoms with E-state index in [1.165, 1.54) is 10.7 Å². The highest BCUT2D eigenvalue weighted by Crippen LogP contribution is 2.09. The number of aromatic nitrogens is 2. The summed E-state index contributed by atoms with van der Waals surface area (Å²) in [6.45, 7) is 0. The Morgan fingerprint density at radius 3 is 2.32 bits per heavy atom. The van der Waals surface area contributed by atoms with Crippen LogP contribution in [0.4, 0.5) is 0 Å². The zero-order valence-corrected chi connectivity index (χ0v) is 15.2. The van der Waals surface area contributed by atoms with E-state index in [0.29, 0.717) is 18.5 Å². The van der Waals surface area contributed by atoms with Gasteiger partial charge in [0.25, 0.3) is 11.5 Å². The number of nitrogens with one attached hydrogen (secondary N) is 2. The van der Waals surface area contributed by atoms with Crippen LogP contribution < -0.4 is 10.9 Å². The molecular formula is C21H21N3O4. The Bertz CT molecular complexity index is 993. The van der Waals surface area contributed by atoms with Crippen LogP contribution in [0.15, 0.2) is 71.5 Å². The molecule has 0 saturated heterocycles. The first-order valence-electron chi connectivity index (χ1n) is 8.97. The summed E-state index contributed by atoms with van der Waals surface area (Å²) in [5, 5.41) is 14.6. The predicted molar refractivity (Wildman–Crippen MR) is 105 cm³/mol. The van der Waals surface area contributed by atoms with Crippen LogP contribution in [0.2, 0.25) is 0 Å². The Morgan fingerprint density at radius 1 is 1.04 bits per heavy atom. The van der Waals surface area contributed by atoms with Crippen LogP contribution in [0, 0.1) is 0 Å². The Kier molecular flexibility index (Phi) is 6.06. The van der Waals surface area contributed by atoms with Gasteiger partial charge in [0.1, 0.15) is 5.69 Å². The van der Waals surface area contributed by atoms with Gasteiger partial charge in [-0.3, -0.25) is 19.5 Å². The van der Waals surface area contributed by atoms with Crippen LogP contribution in [0.25, 0.3) is 5.69 Å². The van der Waals surface area contributed by atoms with E-state index in [9.17, 15) is 14.4 Å². The molecule has 0 radical (unpaired) electrons. The first kappa shape index (κ1) is 19.2. The molecule has 0 saturated carbocycles. The first-order valence-corrected chi connectivity index (χ1v) is 8.97. The number of carboxylic acids is 1. The van der Waals surface area contributed by atoms with Gasteiger partial charge in [-0.15, -0.1) is 0 Å². The highest BCUT2D eigenvalue weighted by atomic mass is 16.4. The average Bonchev–Trinajstić information content (AvgIpc) is 3.09. The molecule has 0 bridgehead atoms. The van der Waals surface area contributed by atoms with Crippen molar-refractivity contribution in [3.8, 4) is 5.69 Å². The minimum atomic E-state index is -0.992. The molecule has 1 unspecified atom stereocenters. The van der Waals surface area contributed by atoms with Crippen LogP contribution >= 0.6 is 0 Å². The summed E-state index contributed by atoms with van der Waals surface area (Å²) >= 11 is 0. The van der Waals surface area contributed by atoms with Crippen molar-refractivity contribution in [3.05, 3.63) is 88.3 Å². The van der Waals surface area contributed by atoms with Crippen molar-refractivity contribution in [1.29, 1.82) is 0 Å². The summed E-state index contributed by atoms with van der Waals surface area (Å²) in [7, 11) is 0. The van der Waals surface area contributed by atoms with Crippen molar-refractivity contribution in [2.75, 3.05) is 0 Å². The largest absolute Gasteiger partial charge is 0.481 e. The zero-order chi connectivity index (χ0) is 19.9. The number of rotatable bonds is 8. The number of carbonyl (C=O) groups excluding carboxylic acids is 1. The molecule has 0 spiro atoms. The van der Waals surface area contributed by atoms with Gasteiger partial charge in [-0.1, -0.05) is 48.5 Å². The van der Waals surface area contributed by atoms with Crippen molar-refractivity contribution in [3.63, 3.8) is 0 Å². The molecule has 28 heavy (non-hydrogen) atoms. The minimum Gasteiger partial charge on any atom is -0.481 e. The summed E-state index contributed by atoms with van der Waals surface area (Å²) in [6, 6.07) is 19.2. The Morgan fingerprint density at radius 2 is 1.68 bits per heavy atom. The van der Waals surface area contributed by atoms with Gasteiger partial charge in [-0.05, 0) is 30.5 Å². The third kappa shape index (κ3) is 4.97. The lowest BCUT2D eigenvalue weighted by molar-refractivity contribution is -0.137. The quantitative estimate of drug-likeness (QED) is 0.559. The SMILES string of the molecule is O=C(O)CC(CCc1ccccc1)NC(=O)c1cc(=O)n(-c2ccccc2)[nH]1. The van der Waals surface area contributed by atoms with Gasteiger partial charge in [0.2, 0.25) is 0 Å². The number of amides is 1. The number of nitrogens with zero attached hydrogens (tertiary/aromatic N) is 1. The average molecular weight is 379 g/mol. The normalized spacial score (nSPS) is 11.7. The summed E-state index contributed by atoms with van der Waals surface area (Å²) in [6.07, 6.45) is 0.925. The standard InChI is InChI=1S/C21H21N3O4/c25-19-14-18(23-24(19)17-9-5-2-6-10-17)21(28)22-16(13-20(26)27)12-11-15-7-3-1-4-8-15/h1-10,14,16,23H,11-13H2,(H,22,28)(H,26,27). The van der Waals surface area contributed by atoms with E-state index < -0.39 is 17.9 Å². The van der Waals surface area contributed by atoms with E-state index in [-0.39, 0.29) is 17.7 Å². The Hall–Kier alpha value is -3.61. The number of para-hydroxylation sites is 1. The van der Waals surface area contributed by atoms with Crippen LogP contribution in [0.3, 0.4) is 0 Å². The monoisotopic (exact) mass is 379 g/mol. The van der Waals surface area contributed by atoms with Crippen LogP contribution in [0.1, 0.15) is 28.9 Å². The molecule has 1 aromatic heterocycles. The van der Waals surface area contributed by atoms with Gasteiger partial charge in [-0.2, -0.15) is 0 Å². The lowest BCUT2D eigenvalue weighted by atomic mass is 10.0. The Labute approximate surface area is 161 Å². The summed E-state index contributed by atoms with van der Waals surface area (Å²) in [5.41, 5.74) is 1.40. The summed E-state index contributed by atoms with van der Waals surface area (Å²) in [4.78, 5) is 35.9. The smallest absolute Gasteiger partial charge is 0.305 e. The topological polar surface area (TPSA) is 104 Å². The van der Waals surface area contributed by atoms with Crippen molar-refractivity contribution >= 4 is 11.9 Å². The number of aromatic amines is 1. The Balaban J connectivity index is 1.71. The number of carbonyl (C=O) groups is 2. The maximum atomic E-state index is 12.6. The second-order valence-corrected chi connectivity index (χ2v) is 6.47. The fraction of sp³-hybridized carbons (Fsp3) is 0.190. The number of hydrogen-bond acceptors (Lipinski definition) is 3. The molecule has 144 valence electrons. The second kappa shape index (κ2) is 8.85. The first-order chi connectivity index (χ1) is 13.5. The molecule has 2 aromatic carbocycles. The van der Waals surface area contributed by atoms with E-state index in [2.05, 4.69) is 10.4 Å². The number of aliphatic carboxylic acids is 1. The molecule has 3 rings (SSSR count). The molecule has 0 aliphatic rings. The molecule has 1 atom stereocenters. The number of carboxylic acid groups (broad SMARTS) is 1. The molecule has 0 aliphatic heterocycles. The van der Waals surface area contributed by atoms with Gasteiger partial charge < -0.3 is 10.4 Å². The molecule has 7 heteroatoms. The molecule has 7 nitrogen and oxygen atoms in total. The fourth-order valence-electron chi connectivity index (χ4n) is 2.97. The highest BCUT2D eigenvalue weighted by molar-refractivity contribution is 5.92. The maximum absolute atomic E-state index is 12.6. The highest BCUT2D eigenvalue weighted by Gasteiger charge is 2.19. The van der Waals surface area contributed by atoms with E-state index in [1.54, 1.807) is 24.3 Å². The molecule has 0 aliphatic carbocycles. The molecule has 1 amide bonds. The van der Waals surface area contributed by atoms with Gasteiger partial charge in [0.15, 0.2) is 0 Å². The maximum Gasteiger partial charge on any atom is 0.305 e. The van der Waals surface area contributed by atoms with Gasteiger partial charge in [-0.25, -0.2) is 4.68 Å². The number of benzene rings is 2. The van der Waals surface area contributed by atoms with E-state index in [1.807, 2.05) is 36.4 Å².